The van der Waals surface area contributed by atoms with E-state index >= 15 is 0 Å². The maximum absolute atomic E-state index is 6.24. The van der Waals surface area contributed by atoms with Gasteiger partial charge in [-0.3, -0.25) is 0 Å². The average Bonchev–Trinajstić information content (AvgIpc) is 3.50. The summed E-state index contributed by atoms with van der Waals surface area (Å²) in [5.74, 6) is 4.77. The Hall–Kier alpha value is -5.09. The van der Waals surface area contributed by atoms with Crippen LogP contribution >= 0.6 is 0 Å². The predicted octanol–water partition coefficient (Wildman–Crippen LogP) is 10.9. The van der Waals surface area contributed by atoms with Crippen molar-refractivity contribution >= 4 is 21.9 Å². The number of fused-ring (bicyclic) bond motifs is 3. The summed E-state index contributed by atoms with van der Waals surface area (Å²) in [6.07, 6.45) is 8.45. The van der Waals surface area contributed by atoms with Gasteiger partial charge in [-0.25, -0.2) is 15.0 Å². The molecule has 4 nitrogen and oxygen atoms in total. The van der Waals surface area contributed by atoms with Gasteiger partial charge in [-0.15, -0.1) is 0 Å². The van der Waals surface area contributed by atoms with Crippen LogP contribution in [-0.2, 0) is 5.41 Å². The normalized spacial score (nSPS) is 23.1. The first-order valence-electron chi connectivity index (χ1n) is 17.1. The van der Waals surface area contributed by atoms with E-state index in [0.29, 0.717) is 22.9 Å². The van der Waals surface area contributed by atoms with Crippen molar-refractivity contribution in [3.8, 4) is 45.3 Å². The number of aromatic nitrogens is 3. The monoisotopic (exact) mass is 609 g/mol. The molecule has 7 aromatic rings. The molecule has 0 amide bonds. The molecule has 228 valence electrons. The Kier molecular flexibility index (Phi) is 6.03. The molecule has 2 aromatic heterocycles. The summed E-state index contributed by atoms with van der Waals surface area (Å²) in [4.78, 5) is 15.4. The Morgan fingerprint density at radius 3 is 1.68 bits per heavy atom. The molecular weight excluding hydrogens is 574 g/mol. The third kappa shape index (κ3) is 4.53. The van der Waals surface area contributed by atoms with Crippen molar-refractivity contribution < 1.29 is 4.42 Å². The van der Waals surface area contributed by atoms with Crippen LogP contribution in [0, 0.1) is 17.8 Å². The van der Waals surface area contributed by atoms with Gasteiger partial charge in [0, 0.05) is 27.5 Å². The van der Waals surface area contributed by atoms with Crippen LogP contribution in [-0.4, -0.2) is 15.0 Å². The number of nitrogens with zero attached hydrogens (tertiary/aromatic N) is 3. The van der Waals surface area contributed by atoms with Gasteiger partial charge in [-0.2, -0.15) is 0 Å². The minimum Gasteiger partial charge on any atom is -0.456 e. The highest BCUT2D eigenvalue weighted by atomic mass is 16.3. The molecule has 0 aliphatic heterocycles. The summed E-state index contributed by atoms with van der Waals surface area (Å²) in [5.41, 5.74) is 8.86. The Labute approximate surface area is 274 Å². The standard InChI is InChI=1S/C43H35N3O/c1-2-7-30(8-3-1)31-13-15-32(16-14-31)40-44-41(33-17-19-34(20-18-33)43-24-27-21-28(25-43)23-29(22-27)26-43)46-42(45-40)36-10-6-12-38-39(36)35-9-4-5-11-37(35)47-38/h1-20,27-29H,21-26H2. The van der Waals surface area contributed by atoms with Crippen molar-refractivity contribution in [3.05, 3.63) is 127 Å². The maximum atomic E-state index is 6.24. The summed E-state index contributed by atoms with van der Waals surface area (Å²) < 4.78 is 6.24. The Morgan fingerprint density at radius 2 is 1.00 bits per heavy atom. The van der Waals surface area contributed by atoms with Gasteiger partial charge in [0.1, 0.15) is 11.2 Å². The molecule has 4 saturated carbocycles. The lowest BCUT2D eigenvalue weighted by Gasteiger charge is -2.57. The molecule has 2 heterocycles. The molecule has 0 saturated heterocycles. The van der Waals surface area contributed by atoms with Crippen LogP contribution in [0.2, 0.25) is 0 Å². The van der Waals surface area contributed by atoms with Crippen LogP contribution in [0.1, 0.15) is 44.1 Å². The van der Waals surface area contributed by atoms with Crippen LogP contribution in [0.15, 0.2) is 126 Å². The van der Waals surface area contributed by atoms with Gasteiger partial charge < -0.3 is 4.42 Å². The number of para-hydroxylation sites is 1. The van der Waals surface area contributed by atoms with E-state index in [4.69, 9.17) is 19.4 Å². The molecule has 4 heteroatoms. The fourth-order valence-electron chi connectivity index (χ4n) is 9.59. The summed E-state index contributed by atoms with van der Waals surface area (Å²) in [5, 5.41) is 2.09. The van der Waals surface area contributed by atoms with Crippen molar-refractivity contribution in [1.82, 2.24) is 15.0 Å². The van der Waals surface area contributed by atoms with E-state index in [1.807, 2.05) is 30.3 Å². The number of hydrogen-bond acceptors (Lipinski definition) is 4. The second-order valence-corrected chi connectivity index (χ2v) is 14.3. The average molecular weight is 610 g/mol. The van der Waals surface area contributed by atoms with Crippen LogP contribution in [0.5, 0.6) is 0 Å². The number of hydrogen-bond donors (Lipinski definition) is 0. The van der Waals surface area contributed by atoms with Crippen LogP contribution in [0.4, 0.5) is 0 Å². The zero-order valence-electron chi connectivity index (χ0n) is 26.3. The van der Waals surface area contributed by atoms with Gasteiger partial charge >= 0.3 is 0 Å². The fourth-order valence-corrected chi connectivity index (χ4v) is 9.59. The molecule has 0 atom stereocenters. The molecule has 4 bridgehead atoms. The van der Waals surface area contributed by atoms with E-state index in [-0.39, 0.29) is 0 Å². The molecule has 4 aliphatic rings. The highest BCUT2D eigenvalue weighted by Gasteiger charge is 2.51. The number of benzene rings is 5. The first-order valence-corrected chi connectivity index (χ1v) is 17.1. The highest BCUT2D eigenvalue weighted by molar-refractivity contribution is 6.11. The number of furan rings is 1. The van der Waals surface area contributed by atoms with Gasteiger partial charge in [0.15, 0.2) is 17.5 Å². The quantitative estimate of drug-likeness (QED) is 0.195. The van der Waals surface area contributed by atoms with Gasteiger partial charge in [-0.1, -0.05) is 109 Å². The van der Waals surface area contributed by atoms with Crippen molar-refractivity contribution in [2.24, 2.45) is 17.8 Å². The Balaban J connectivity index is 1.10. The summed E-state index contributed by atoms with van der Waals surface area (Å²) in [6, 6.07) is 42.6. The molecule has 11 rings (SSSR count). The maximum Gasteiger partial charge on any atom is 0.164 e. The van der Waals surface area contributed by atoms with Gasteiger partial charge in [0.25, 0.3) is 0 Å². The second-order valence-electron chi connectivity index (χ2n) is 14.3. The minimum atomic E-state index is 0.362. The largest absolute Gasteiger partial charge is 0.456 e. The Bertz CT molecular complexity index is 2230. The van der Waals surface area contributed by atoms with E-state index < -0.39 is 0 Å². The lowest BCUT2D eigenvalue weighted by Crippen LogP contribution is -2.48. The van der Waals surface area contributed by atoms with E-state index in [2.05, 4.69) is 91.0 Å². The molecule has 0 N–H and O–H groups in total. The van der Waals surface area contributed by atoms with Gasteiger partial charge in [0.2, 0.25) is 0 Å². The topological polar surface area (TPSA) is 51.8 Å². The van der Waals surface area contributed by atoms with Gasteiger partial charge in [0.05, 0.1) is 0 Å². The van der Waals surface area contributed by atoms with Crippen LogP contribution in [0.25, 0.3) is 67.2 Å². The molecule has 0 spiro atoms. The fraction of sp³-hybridized carbons (Fsp3) is 0.233. The summed E-state index contributed by atoms with van der Waals surface area (Å²) in [7, 11) is 0. The van der Waals surface area contributed by atoms with Crippen LogP contribution < -0.4 is 0 Å². The SMILES string of the molecule is c1ccc(-c2ccc(-c3nc(-c4ccc(C56CC7CC(CC(C7)C5)C6)cc4)nc(-c4cccc5oc6ccccc6c45)n3)cc2)cc1. The first kappa shape index (κ1) is 27.1. The summed E-state index contributed by atoms with van der Waals surface area (Å²) >= 11 is 0. The zero-order chi connectivity index (χ0) is 31.0. The number of rotatable bonds is 5. The lowest BCUT2D eigenvalue weighted by atomic mass is 9.48. The van der Waals surface area contributed by atoms with Crippen molar-refractivity contribution in [1.29, 1.82) is 0 Å². The third-order valence-electron chi connectivity index (χ3n) is 11.3. The zero-order valence-corrected chi connectivity index (χ0v) is 26.3. The van der Waals surface area contributed by atoms with Crippen molar-refractivity contribution in [3.63, 3.8) is 0 Å². The molecule has 47 heavy (non-hydrogen) atoms. The molecule has 4 aliphatic carbocycles. The van der Waals surface area contributed by atoms with E-state index in [9.17, 15) is 0 Å². The predicted molar refractivity (Wildman–Crippen MR) is 189 cm³/mol. The van der Waals surface area contributed by atoms with Gasteiger partial charge in [-0.05, 0) is 90.5 Å². The van der Waals surface area contributed by atoms with Crippen molar-refractivity contribution in [2.75, 3.05) is 0 Å². The molecule has 5 aromatic carbocycles. The van der Waals surface area contributed by atoms with Crippen LogP contribution in [0.3, 0.4) is 0 Å². The first-order chi connectivity index (χ1) is 23.2. The van der Waals surface area contributed by atoms with E-state index in [0.717, 1.165) is 56.4 Å². The highest BCUT2D eigenvalue weighted by Crippen LogP contribution is 2.60. The molecule has 4 fully saturated rings. The molecular formula is C43H35N3O. The van der Waals surface area contributed by atoms with Crippen molar-refractivity contribution in [2.45, 2.75) is 43.9 Å². The molecule has 0 radical (unpaired) electrons. The lowest BCUT2D eigenvalue weighted by molar-refractivity contribution is -0.00518. The third-order valence-corrected chi connectivity index (χ3v) is 11.3. The summed E-state index contributed by atoms with van der Waals surface area (Å²) in [6.45, 7) is 0. The minimum absolute atomic E-state index is 0.362. The smallest absolute Gasteiger partial charge is 0.164 e. The van der Waals surface area contributed by atoms with E-state index in [1.165, 1.54) is 55.2 Å². The molecule has 0 unspecified atom stereocenters. The van der Waals surface area contributed by atoms with E-state index in [1.54, 1.807) is 0 Å². The Morgan fingerprint density at radius 1 is 0.468 bits per heavy atom. The second kappa shape index (κ2) is 10.5.